The molecule has 1 aliphatic carbocycles. The molecule has 0 spiro atoms. The normalized spacial score (nSPS) is 22.2. The van der Waals surface area contributed by atoms with Crippen molar-refractivity contribution in [2.45, 2.75) is 12.0 Å². The van der Waals surface area contributed by atoms with Gasteiger partial charge >= 0.3 is 11.9 Å². The summed E-state index contributed by atoms with van der Waals surface area (Å²) in [5.41, 5.74) is -1.64. The molecule has 0 saturated heterocycles. The summed E-state index contributed by atoms with van der Waals surface area (Å²) in [6.45, 7) is 0. The lowest BCUT2D eigenvalue weighted by molar-refractivity contribution is -0.501. The summed E-state index contributed by atoms with van der Waals surface area (Å²) >= 11 is 6.03. The largest absolute Gasteiger partial charge is 0.468 e. The van der Waals surface area contributed by atoms with Crippen LogP contribution in [-0.2, 0) is 19.1 Å². The van der Waals surface area contributed by atoms with E-state index in [4.69, 9.17) is 11.6 Å². The van der Waals surface area contributed by atoms with Crippen molar-refractivity contribution >= 4 is 23.5 Å². The highest BCUT2D eigenvalue weighted by Crippen LogP contribution is 2.63. The van der Waals surface area contributed by atoms with E-state index >= 15 is 0 Å². The zero-order valence-electron chi connectivity index (χ0n) is 11.2. The molecule has 0 aliphatic heterocycles. The first-order valence-electron chi connectivity index (χ1n) is 5.97. The predicted octanol–water partition coefficient (Wildman–Crippen LogP) is 1.41. The number of hydrogen-bond acceptors (Lipinski definition) is 6. The molecule has 0 amide bonds. The minimum absolute atomic E-state index is 0.240. The van der Waals surface area contributed by atoms with E-state index in [9.17, 15) is 19.7 Å². The topological polar surface area (TPSA) is 95.7 Å². The minimum Gasteiger partial charge on any atom is -0.468 e. The molecule has 1 aromatic rings. The quantitative estimate of drug-likeness (QED) is 0.361. The molecule has 0 aromatic heterocycles. The molecule has 0 heterocycles. The third-order valence-corrected chi connectivity index (χ3v) is 4.02. The zero-order chi connectivity index (χ0) is 15.8. The molecule has 0 radical (unpaired) electrons. The zero-order valence-corrected chi connectivity index (χ0v) is 12.0. The molecule has 112 valence electrons. The molecule has 1 saturated carbocycles. The molecule has 2 rings (SSSR count). The smallest absolute Gasteiger partial charge is 0.331 e. The third-order valence-electron chi connectivity index (χ3n) is 3.68. The van der Waals surface area contributed by atoms with Gasteiger partial charge < -0.3 is 9.47 Å². The van der Waals surface area contributed by atoms with Crippen LogP contribution in [-0.4, -0.2) is 37.1 Å². The van der Waals surface area contributed by atoms with Gasteiger partial charge in [-0.25, -0.2) is 0 Å². The van der Waals surface area contributed by atoms with Gasteiger partial charge in [-0.3, -0.25) is 19.7 Å². The van der Waals surface area contributed by atoms with Crippen LogP contribution < -0.4 is 0 Å². The third kappa shape index (κ3) is 2.04. The number of nitrogens with zero attached hydrogens (tertiary/aromatic N) is 1. The molecule has 0 N–H and O–H groups in total. The number of ether oxygens (including phenoxy) is 2. The molecule has 2 atom stereocenters. The van der Waals surface area contributed by atoms with Crippen LogP contribution in [0.3, 0.4) is 0 Å². The van der Waals surface area contributed by atoms with E-state index in [1.165, 1.54) is 12.1 Å². The second kappa shape index (κ2) is 5.33. The van der Waals surface area contributed by atoms with Crippen LogP contribution in [0.5, 0.6) is 0 Å². The Hall–Kier alpha value is -2.15. The van der Waals surface area contributed by atoms with Gasteiger partial charge in [0.25, 0.3) is 0 Å². The van der Waals surface area contributed by atoms with Crippen molar-refractivity contribution in [3.63, 3.8) is 0 Å². The number of esters is 2. The average molecular weight is 314 g/mol. The lowest BCUT2D eigenvalue weighted by atomic mass is 9.99. The molecule has 0 bridgehead atoms. The molecule has 0 unspecified atom stereocenters. The first-order chi connectivity index (χ1) is 9.92. The van der Waals surface area contributed by atoms with Gasteiger partial charge in [-0.15, -0.1) is 0 Å². The minimum atomic E-state index is -1.99. The van der Waals surface area contributed by atoms with Gasteiger partial charge in [-0.1, -0.05) is 29.8 Å². The van der Waals surface area contributed by atoms with Gasteiger partial charge in [0.05, 0.1) is 20.1 Å². The molecule has 8 heteroatoms. The monoisotopic (exact) mass is 313 g/mol. The Kier molecular flexibility index (Phi) is 3.87. The summed E-state index contributed by atoms with van der Waals surface area (Å²) in [6, 6.07) is 4.88. The Morgan fingerprint density at radius 2 is 1.76 bits per heavy atom. The molecule has 1 aromatic carbocycles. The summed E-state index contributed by atoms with van der Waals surface area (Å²) in [5, 5.41) is 11.5. The standard InChI is InChI=1S/C13H12ClNO6/c1-20-11(16)13(12(17)21-2)9(10(13)15(18)19)7-5-3-4-6-8(7)14/h3-6,9-10H,1-2H3/t9-,10-/m0/s1. The van der Waals surface area contributed by atoms with E-state index in [1.807, 2.05) is 0 Å². The predicted molar refractivity (Wildman–Crippen MR) is 71.4 cm³/mol. The highest BCUT2D eigenvalue weighted by atomic mass is 35.5. The van der Waals surface area contributed by atoms with E-state index in [2.05, 4.69) is 9.47 Å². The van der Waals surface area contributed by atoms with Gasteiger partial charge in [0.2, 0.25) is 11.5 Å². The van der Waals surface area contributed by atoms with Gasteiger partial charge in [0, 0.05) is 9.95 Å². The summed E-state index contributed by atoms with van der Waals surface area (Å²) < 4.78 is 9.17. The van der Waals surface area contributed by atoms with Crippen molar-refractivity contribution in [1.29, 1.82) is 0 Å². The van der Waals surface area contributed by atoms with Gasteiger partial charge in [0.1, 0.15) is 0 Å². The van der Waals surface area contributed by atoms with Gasteiger partial charge in [-0.05, 0) is 11.6 Å². The van der Waals surface area contributed by atoms with E-state index < -0.39 is 34.2 Å². The summed E-state index contributed by atoms with van der Waals surface area (Å²) in [4.78, 5) is 34.7. The fourth-order valence-electron chi connectivity index (χ4n) is 2.72. The number of carbonyl (C=O) groups is 2. The highest BCUT2D eigenvalue weighted by Gasteiger charge is 2.85. The van der Waals surface area contributed by atoms with Crippen LogP contribution in [0.25, 0.3) is 0 Å². The van der Waals surface area contributed by atoms with Gasteiger partial charge in [-0.2, -0.15) is 0 Å². The Bertz CT molecular complexity index is 600. The Balaban J connectivity index is 2.59. The first kappa shape index (κ1) is 15.2. The maximum atomic E-state index is 12.0. The van der Waals surface area contributed by atoms with E-state index in [-0.39, 0.29) is 5.02 Å². The Labute approximate surface area is 124 Å². The maximum Gasteiger partial charge on any atom is 0.331 e. The number of hydrogen-bond donors (Lipinski definition) is 0. The number of halogens is 1. The van der Waals surface area contributed by atoms with Crippen LogP contribution >= 0.6 is 11.6 Å². The number of nitro groups is 1. The van der Waals surface area contributed by atoms with Crippen LogP contribution in [0.2, 0.25) is 5.02 Å². The number of carbonyl (C=O) groups excluding carboxylic acids is 2. The SMILES string of the molecule is COC(=O)C1(C(=O)OC)[C@@H]([N+](=O)[O-])[C@@H]1c1ccccc1Cl. The van der Waals surface area contributed by atoms with Crippen molar-refractivity contribution in [2.75, 3.05) is 14.2 Å². The maximum absolute atomic E-state index is 12.0. The van der Waals surface area contributed by atoms with E-state index in [0.29, 0.717) is 5.56 Å². The number of benzene rings is 1. The van der Waals surface area contributed by atoms with Crippen LogP contribution in [0, 0.1) is 15.5 Å². The van der Waals surface area contributed by atoms with Crippen LogP contribution in [0.15, 0.2) is 24.3 Å². The lowest BCUT2D eigenvalue weighted by Crippen LogP contribution is -2.34. The Morgan fingerprint density at radius 3 is 2.19 bits per heavy atom. The van der Waals surface area contributed by atoms with Crippen molar-refractivity contribution in [3.05, 3.63) is 45.0 Å². The van der Waals surface area contributed by atoms with Gasteiger partial charge in [0.15, 0.2) is 0 Å². The summed E-state index contributed by atoms with van der Waals surface area (Å²) in [5.74, 6) is -3.01. The summed E-state index contributed by atoms with van der Waals surface area (Å²) in [7, 11) is 2.12. The van der Waals surface area contributed by atoms with E-state index in [0.717, 1.165) is 14.2 Å². The molecule has 21 heavy (non-hydrogen) atoms. The fourth-order valence-corrected chi connectivity index (χ4v) is 2.97. The molecular weight excluding hydrogens is 302 g/mol. The lowest BCUT2D eigenvalue weighted by Gasteiger charge is -2.11. The van der Waals surface area contributed by atoms with Crippen molar-refractivity contribution in [3.8, 4) is 0 Å². The first-order valence-corrected chi connectivity index (χ1v) is 6.35. The molecule has 1 aliphatic rings. The van der Waals surface area contributed by atoms with Crippen LogP contribution in [0.1, 0.15) is 11.5 Å². The highest BCUT2D eigenvalue weighted by molar-refractivity contribution is 6.31. The fraction of sp³-hybridized carbons (Fsp3) is 0.385. The average Bonchev–Trinajstić information content (AvgIpc) is 3.17. The number of methoxy groups -OCH3 is 2. The second-order valence-corrected chi connectivity index (χ2v) is 4.99. The van der Waals surface area contributed by atoms with Crippen molar-refractivity contribution < 1.29 is 24.0 Å². The molecule has 7 nitrogen and oxygen atoms in total. The Morgan fingerprint density at radius 1 is 1.24 bits per heavy atom. The van der Waals surface area contributed by atoms with Crippen molar-refractivity contribution in [2.24, 2.45) is 5.41 Å². The number of rotatable bonds is 4. The van der Waals surface area contributed by atoms with Crippen LogP contribution in [0.4, 0.5) is 0 Å². The summed E-state index contributed by atoms with van der Waals surface area (Å²) in [6.07, 6.45) is 0. The molecule has 1 fully saturated rings. The van der Waals surface area contributed by atoms with Crippen molar-refractivity contribution in [1.82, 2.24) is 0 Å². The second-order valence-electron chi connectivity index (χ2n) is 4.58. The van der Waals surface area contributed by atoms with E-state index in [1.54, 1.807) is 12.1 Å². The molecular formula is C13H12ClNO6.